The maximum absolute atomic E-state index is 13.4. The number of dihydropyridines is 1. The summed E-state index contributed by atoms with van der Waals surface area (Å²) in [6, 6.07) is 11.1. The van der Waals surface area contributed by atoms with Crippen LogP contribution in [0.5, 0.6) is 11.5 Å². The van der Waals surface area contributed by atoms with Crippen LogP contribution in [0.1, 0.15) is 34.3 Å². The Morgan fingerprint density at radius 3 is 2.59 bits per heavy atom. The minimum Gasteiger partial charge on any atom is -0.466 e. The van der Waals surface area contributed by atoms with Gasteiger partial charge in [-0.25, -0.2) is 4.79 Å². The second-order valence-corrected chi connectivity index (χ2v) is 7.83. The van der Waals surface area contributed by atoms with Crippen molar-refractivity contribution < 1.29 is 23.8 Å². The van der Waals surface area contributed by atoms with Gasteiger partial charge in [-0.2, -0.15) is 0 Å². The maximum atomic E-state index is 13.4. The fraction of sp³-hybridized carbons (Fsp3) is 0.182. The molecule has 7 heteroatoms. The fourth-order valence-electron chi connectivity index (χ4n) is 4.17. The number of carbonyl (C=O) groups is 2. The molecule has 1 aliphatic carbocycles. The summed E-state index contributed by atoms with van der Waals surface area (Å²) in [4.78, 5) is 26.1. The Morgan fingerprint density at radius 2 is 1.86 bits per heavy atom. The van der Waals surface area contributed by atoms with Crippen LogP contribution >= 0.6 is 15.9 Å². The molecule has 0 spiro atoms. The Labute approximate surface area is 175 Å². The van der Waals surface area contributed by atoms with Crippen LogP contribution in [0.15, 0.2) is 57.7 Å². The van der Waals surface area contributed by atoms with Crippen LogP contribution in [-0.2, 0) is 9.53 Å². The molecule has 2 aromatic rings. The highest BCUT2D eigenvalue weighted by Gasteiger charge is 2.43. The molecule has 29 heavy (non-hydrogen) atoms. The number of fused-ring (bicyclic) bond motifs is 3. The van der Waals surface area contributed by atoms with Gasteiger partial charge in [0.2, 0.25) is 6.79 Å². The number of benzene rings is 2. The summed E-state index contributed by atoms with van der Waals surface area (Å²) in [6.07, 6.45) is 0. The number of carbonyl (C=O) groups excluding carboxylic acids is 2. The smallest absolute Gasteiger partial charge is 0.336 e. The van der Waals surface area contributed by atoms with E-state index in [2.05, 4.69) is 21.2 Å². The topological polar surface area (TPSA) is 73.9 Å². The van der Waals surface area contributed by atoms with Gasteiger partial charge in [0.1, 0.15) is 0 Å². The summed E-state index contributed by atoms with van der Waals surface area (Å²) in [5.74, 6) is -0.00672. The first kappa shape index (κ1) is 18.0. The second-order valence-electron chi connectivity index (χ2n) is 6.98. The van der Waals surface area contributed by atoms with E-state index < -0.39 is 11.9 Å². The molecule has 1 unspecified atom stereocenters. The molecule has 0 amide bonds. The van der Waals surface area contributed by atoms with E-state index >= 15 is 0 Å². The largest absolute Gasteiger partial charge is 0.466 e. The van der Waals surface area contributed by atoms with Gasteiger partial charge in [0.25, 0.3) is 0 Å². The maximum Gasteiger partial charge on any atom is 0.336 e. The third-order valence-corrected chi connectivity index (χ3v) is 6.14. The number of allylic oxidation sites excluding steroid dienone is 2. The van der Waals surface area contributed by atoms with Crippen LogP contribution in [0.4, 0.5) is 0 Å². The SMILES string of the molecule is COC(=O)C1=C(C)NC2=C(C(=O)c3ccccc32)C1c1cc2c(cc1Br)OCO2. The van der Waals surface area contributed by atoms with Crippen LogP contribution in [-0.4, -0.2) is 25.7 Å². The van der Waals surface area contributed by atoms with E-state index in [1.54, 1.807) is 12.1 Å². The van der Waals surface area contributed by atoms with E-state index in [0.717, 1.165) is 21.3 Å². The van der Waals surface area contributed by atoms with Gasteiger partial charge in [-0.15, -0.1) is 0 Å². The molecule has 6 nitrogen and oxygen atoms in total. The number of ketones is 1. The molecular formula is C22H16BrNO5. The zero-order chi connectivity index (χ0) is 20.3. The third-order valence-electron chi connectivity index (χ3n) is 5.46. The number of methoxy groups -OCH3 is 1. The molecule has 2 aliphatic heterocycles. The molecule has 3 aliphatic rings. The highest BCUT2D eigenvalue weighted by molar-refractivity contribution is 9.10. The Morgan fingerprint density at radius 1 is 1.17 bits per heavy atom. The quantitative estimate of drug-likeness (QED) is 0.694. The minimum absolute atomic E-state index is 0.105. The summed E-state index contributed by atoms with van der Waals surface area (Å²) in [5.41, 5.74) is 4.48. The van der Waals surface area contributed by atoms with Gasteiger partial charge in [0.05, 0.1) is 24.3 Å². The van der Waals surface area contributed by atoms with E-state index in [1.807, 2.05) is 31.2 Å². The fourth-order valence-corrected chi connectivity index (χ4v) is 4.73. The van der Waals surface area contributed by atoms with E-state index in [-0.39, 0.29) is 12.6 Å². The van der Waals surface area contributed by atoms with Crippen LogP contribution < -0.4 is 14.8 Å². The first-order valence-electron chi connectivity index (χ1n) is 9.04. The number of hydrogen-bond donors (Lipinski definition) is 1. The summed E-state index contributed by atoms with van der Waals surface area (Å²) in [5, 5.41) is 3.27. The van der Waals surface area contributed by atoms with E-state index in [4.69, 9.17) is 14.2 Å². The number of Topliss-reactive ketones (excluding diaryl/α,β-unsaturated/α-hetero) is 1. The van der Waals surface area contributed by atoms with Crippen LogP contribution in [0, 0.1) is 0 Å². The Balaban J connectivity index is 1.77. The number of nitrogens with one attached hydrogen (secondary N) is 1. The van der Waals surface area contributed by atoms with Crippen LogP contribution in [0.25, 0.3) is 5.70 Å². The average molecular weight is 454 g/mol. The van der Waals surface area contributed by atoms with Crippen molar-refractivity contribution in [2.24, 2.45) is 0 Å². The molecule has 0 bridgehead atoms. The van der Waals surface area contributed by atoms with Gasteiger partial charge in [-0.05, 0) is 24.6 Å². The second kappa shape index (κ2) is 6.49. The number of halogens is 1. The summed E-state index contributed by atoms with van der Waals surface area (Å²) >= 11 is 3.59. The van der Waals surface area contributed by atoms with Crippen molar-refractivity contribution in [3.8, 4) is 11.5 Å². The minimum atomic E-state index is -0.609. The van der Waals surface area contributed by atoms with E-state index in [9.17, 15) is 9.59 Å². The van der Waals surface area contributed by atoms with E-state index in [1.165, 1.54) is 7.11 Å². The molecule has 0 saturated heterocycles. The van der Waals surface area contributed by atoms with Crippen molar-refractivity contribution in [1.82, 2.24) is 5.32 Å². The predicted molar refractivity (Wildman–Crippen MR) is 109 cm³/mol. The zero-order valence-corrected chi connectivity index (χ0v) is 17.3. The van der Waals surface area contributed by atoms with Crippen molar-refractivity contribution in [3.63, 3.8) is 0 Å². The van der Waals surface area contributed by atoms with Crippen LogP contribution in [0.2, 0.25) is 0 Å². The number of hydrogen-bond acceptors (Lipinski definition) is 6. The van der Waals surface area contributed by atoms with Gasteiger partial charge in [0, 0.05) is 26.9 Å². The lowest BCUT2D eigenvalue weighted by molar-refractivity contribution is -0.136. The standard InChI is InChI=1S/C22H16BrNO5/c1-10-17(22(26)27-2)18(13-7-15-16(8-14(13)23)29-9-28-15)19-20(24-10)11-5-3-4-6-12(11)21(19)25/h3-8,18,24H,9H2,1-2H3. The normalized spacial score (nSPS) is 19.1. The lowest BCUT2D eigenvalue weighted by atomic mass is 9.79. The van der Waals surface area contributed by atoms with Crippen molar-refractivity contribution in [2.75, 3.05) is 13.9 Å². The van der Waals surface area contributed by atoms with Gasteiger partial charge in [-0.1, -0.05) is 40.2 Å². The molecule has 2 heterocycles. The van der Waals surface area contributed by atoms with Crippen molar-refractivity contribution in [3.05, 3.63) is 74.4 Å². The van der Waals surface area contributed by atoms with E-state index in [0.29, 0.717) is 33.9 Å². The molecule has 0 saturated carbocycles. The first-order chi connectivity index (χ1) is 14.0. The summed E-state index contributed by atoms with van der Waals surface area (Å²) in [7, 11) is 1.34. The Kier molecular flexibility index (Phi) is 4.03. The molecule has 1 N–H and O–H groups in total. The zero-order valence-electron chi connectivity index (χ0n) is 15.7. The molecule has 146 valence electrons. The van der Waals surface area contributed by atoms with Crippen LogP contribution in [0.3, 0.4) is 0 Å². The number of esters is 1. The summed E-state index contributed by atoms with van der Waals surface area (Å²) in [6.45, 7) is 1.95. The average Bonchev–Trinajstić information content (AvgIpc) is 3.28. The summed E-state index contributed by atoms with van der Waals surface area (Å²) < 4.78 is 16.8. The number of ether oxygens (including phenoxy) is 3. The van der Waals surface area contributed by atoms with Gasteiger partial charge in [-0.3, -0.25) is 4.79 Å². The molecule has 0 radical (unpaired) electrons. The van der Waals surface area contributed by atoms with Crippen molar-refractivity contribution >= 4 is 33.4 Å². The Hall–Kier alpha value is -3.06. The molecule has 2 aromatic carbocycles. The monoisotopic (exact) mass is 453 g/mol. The highest BCUT2D eigenvalue weighted by Crippen LogP contribution is 2.50. The predicted octanol–water partition coefficient (Wildman–Crippen LogP) is 3.92. The lowest BCUT2D eigenvalue weighted by Gasteiger charge is -2.29. The lowest BCUT2D eigenvalue weighted by Crippen LogP contribution is -2.29. The molecule has 5 rings (SSSR count). The highest BCUT2D eigenvalue weighted by atomic mass is 79.9. The molecular weight excluding hydrogens is 438 g/mol. The van der Waals surface area contributed by atoms with Gasteiger partial charge < -0.3 is 19.5 Å². The van der Waals surface area contributed by atoms with Crippen molar-refractivity contribution in [2.45, 2.75) is 12.8 Å². The van der Waals surface area contributed by atoms with Gasteiger partial charge in [0.15, 0.2) is 17.3 Å². The first-order valence-corrected chi connectivity index (χ1v) is 9.84. The molecule has 0 aromatic heterocycles. The van der Waals surface area contributed by atoms with Gasteiger partial charge >= 0.3 is 5.97 Å². The number of rotatable bonds is 2. The van der Waals surface area contributed by atoms with Crippen molar-refractivity contribution in [1.29, 1.82) is 0 Å². The molecule has 1 atom stereocenters. The molecule has 0 fully saturated rings. The third kappa shape index (κ3) is 2.54. The Bertz CT molecular complexity index is 1160.